The number of hydrogen-bond donors (Lipinski definition) is 0. The van der Waals surface area contributed by atoms with Crippen molar-refractivity contribution in [2.75, 3.05) is 14.2 Å². The van der Waals surface area contributed by atoms with Crippen LogP contribution in [0.4, 0.5) is 0 Å². The Morgan fingerprint density at radius 2 is 1.53 bits per heavy atom. The van der Waals surface area contributed by atoms with Crippen LogP contribution in [-0.4, -0.2) is 22.8 Å². The lowest BCUT2D eigenvalue weighted by molar-refractivity contribution is 0.169. The fourth-order valence-corrected chi connectivity index (χ4v) is 9.27. The topological polar surface area (TPSA) is 18.5 Å². The fourth-order valence-electron chi connectivity index (χ4n) is 4.57. The van der Waals surface area contributed by atoms with Gasteiger partial charge in [0.1, 0.15) is 0 Å². The van der Waals surface area contributed by atoms with Crippen LogP contribution in [0.15, 0.2) is 0 Å². The summed E-state index contributed by atoms with van der Waals surface area (Å²) in [6.07, 6.45) is 9.35. The first kappa shape index (κ1) is 15.5. The summed E-state index contributed by atoms with van der Waals surface area (Å²) in [7, 11) is 1.80. The summed E-state index contributed by atoms with van der Waals surface area (Å²) in [4.78, 5) is 0. The molecule has 0 bridgehead atoms. The largest absolute Gasteiger partial charge is 0.397 e. The zero-order valence-electron chi connectivity index (χ0n) is 13.5. The van der Waals surface area contributed by atoms with Gasteiger partial charge in [-0.3, -0.25) is 0 Å². The fraction of sp³-hybridized carbons (Fsp3) is 1.00. The number of hydrogen-bond acceptors (Lipinski definition) is 2. The molecule has 0 radical (unpaired) electrons. The Bertz CT molecular complexity index is 289. The molecule has 2 aliphatic carbocycles. The molecule has 19 heavy (non-hydrogen) atoms. The second kappa shape index (κ2) is 5.86. The average molecular weight is 285 g/mol. The highest BCUT2D eigenvalue weighted by molar-refractivity contribution is 6.70. The van der Waals surface area contributed by atoms with Crippen LogP contribution in [0, 0.1) is 11.3 Å². The Morgan fingerprint density at radius 3 is 1.95 bits per heavy atom. The lowest BCUT2D eigenvalue weighted by atomic mass is 9.77. The molecule has 2 atom stereocenters. The summed E-state index contributed by atoms with van der Waals surface area (Å²) in [5.74, 6) is 0.793. The van der Waals surface area contributed by atoms with Crippen LogP contribution in [0.25, 0.3) is 0 Å². The minimum absolute atomic E-state index is 0.527. The van der Waals surface area contributed by atoms with Gasteiger partial charge in [0.25, 0.3) is 0 Å². The van der Waals surface area contributed by atoms with Gasteiger partial charge in [-0.1, -0.05) is 33.6 Å². The first-order chi connectivity index (χ1) is 8.95. The molecule has 2 rings (SSSR count). The first-order valence-corrected chi connectivity index (χ1v) is 10.0. The second-order valence-corrected chi connectivity index (χ2v) is 11.4. The van der Waals surface area contributed by atoms with Crippen LogP contribution in [0.3, 0.4) is 0 Å². The maximum absolute atomic E-state index is 6.17. The molecule has 112 valence electrons. The molecule has 2 unspecified atom stereocenters. The molecule has 0 aromatic heterocycles. The normalized spacial score (nSPS) is 32.7. The van der Waals surface area contributed by atoms with Gasteiger partial charge in [0.2, 0.25) is 0 Å². The minimum atomic E-state index is -2.04. The third-order valence-corrected chi connectivity index (χ3v) is 10.8. The van der Waals surface area contributed by atoms with E-state index in [0.29, 0.717) is 16.5 Å². The standard InChI is InChI=1S/C16H32O2Si/c1-13-7-6-8-15(13)19(17-4,18-5)14-9-11-16(2,3)12-10-14/h13-15H,6-12H2,1-5H3. The summed E-state index contributed by atoms with van der Waals surface area (Å²) in [5.41, 5.74) is 1.95. The Hall–Kier alpha value is 0.137. The van der Waals surface area contributed by atoms with E-state index in [1.165, 1.54) is 44.9 Å². The lowest BCUT2D eigenvalue weighted by Gasteiger charge is -2.45. The van der Waals surface area contributed by atoms with Crippen molar-refractivity contribution in [1.82, 2.24) is 0 Å². The van der Waals surface area contributed by atoms with E-state index in [0.717, 1.165) is 5.92 Å². The Labute approximate surface area is 120 Å². The van der Waals surface area contributed by atoms with Crippen molar-refractivity contribution in [3.63, 3.8) is 0 Å². The van der Waals surface area contributed by atoms with Gasteiger partial charge >= 0.3 is 8.56 Å². The third-order valence-electron chi connectivity index (χ3n) is 5.92. The molecule has 0 aromatic carbocycles. The van der Waals surface area contributed by atoms with Gasteiger partial charge in [0, 0.05) is 25.3 Å². The van der Waals surface area contributed by atoms with Crippen LogP contribution in [0.2, 0.25) is 11.1 Å². The summed E-state index contributed by atoms with van der Waals surface area (Å²) in [5, 5.41) is 0. The van der Waals surface area contributed by atoms with E-state index >= 15 is 0 Å². The summed E-state index contributed by atoms with van der Waals surface area (Å²) >= 11 is 0. The molecule has 2 nitrogen and oxygen atoms in total. The van der Waals surface area contributed by atoms with Crippen molar-refractivity contribution in [1.29, 1.82) is 0 Å². The Balaban J connectivity index is 2.15. The van der Waals surface area contributed by atoms with Gasteiger partial charge in [-0.15, -0.1) is 0 Å². The predicted molar refractivity (Wildman–Crippen MR) is 82.5 cm³/mol. The van der Waals surface area contributed by atoms with Crippen molar-refractivity contribution in [3.8, 4) is 0 Å². The summed E-state index contributed by atoms with van der Waals surface area (Å²) in [6.45, 7) is 7.22. The first-order valence-electron chi connectivity index (χ1n) is 8.05. The van der Waals surface area contributed by atoms with E-state index in [1.54, 1.807) is 0 Å². The zero-order chi connectivity index (χ0) is 14.1. The smallest absolute Gasteiger partial charge is 0.344 e. The van der Waals surface area contributed by atoms with Crippen molar-refractivity contribution < 1.29 is 8.85 Å². The minimum Gasteiger partial charge on any atom is -0.397 e. The molecule has 0 amide bonds. The van der Waals surface area contributed by atoms with Gasteiger partial charge in [0.05, 0.1) is 0 Å². The molecule has 2 saturated carbocycles. The SMILES string of the molecule is CO[Si](OC)(C1CCC(C)(C)CC1)C1CCCC1C. The van der Waals surface area contributed by atoms with Crippen molar-refractivity contribution in [2.24, 2.45) is 11.3 Å². The summed E-state index contributed by atoms with van der Waals surface area (Å²) in [6, 6.07) is 0. The molecular weight excluding hydrogens is 252 g/mol. The molecule has 0 aliphatic heterocycles. The molecule has 0 aromatic rings. The van der Waals surface area contributed by atoms with E-state index in [4.69, 9.17) is 8.85 Å². The van der Waals surface area contributed by atoms with Crippen molar-refractivity contribution >= 4 is 8.56 Å². The van der Waals surface area contributed by atoms with Gasteiger partial charge in [-0.05, 0) is 43.4 Å². The van der Waals surface area contributed by atoms with Crippen LogP contribution < -0.4 is 0 Å². The highest BCUT2D eigenvalue weighted by atomic mass is 28.4. The van der Waals surface area contributed by atoms with Gasteiger partial charge < -0.3 is 8.85 Å². The van der Waals surface area contributed by atoms with Gasteiger partial charge in [-0.25, -0.2) is 0 Å². The van der Waals surface area contributed by atoms with E-state index in [2.05, 4.69) is 20.8 Å². The molecule has 0 saturated heterocycles. The van der Waals surface area contributed by atoms with Gasteiger partial charge in [-0.2, -0.15) is 0 Å². The predicted octanol–water partition coefficient (Wildman–Crippen LogP) is 4.88. The van der Waals surface area contributed by atoms with Crippen LogP contribution in [0.5, 0.6) is 0 Å². The van der Waals surface area contributed by atoms with Crippen LogP contribution in [-0.2, 0) is 8.85 Å². The molecular formula is C16H32O2Si. The molecule has 2 aliphatic rings. The highest BCUT2D eigenvalue weighted by Gasteiger charge is 2.54. The second-order valence-electron chi connectivity index (χ2n) is 7.58. The third kappa shape index (κ3) is 2.93. The molecule has 0 heterocycles. The molecule has 0 spiro atoms. The summed E-state index contributed by atoms with van der Waals surface area (Å²) < 4.78 is 12.3. The highest BCUT2D eigenvalue weighted by Crippen LogP contribution is 2.54. The zero-order valence-corrected chi connectivity index (χ0v) is 14.5. The quantitative estimate of drug-likeness (QED) is 0.685. The lowest BCUT2D eigenvalue weighted by Crippen LogP contribution is -2.51. The average Bonchev–Trinajstić information content (AvgIpc) is 2.80. The Kier molecular flexibility index (Phi) is 4.79. The maximum Gasteiger partial charge on any atom is 0.344 e. The Morgan fingerprint density at radius 1 is 0.947 bits per heavy atom. The van der Waals surface area contributed by atoms with Crippen molar-refractivity contribution in [3.05, 3.63) is 0 Å². The van der Waals surface area contributed by atoms with E-state index in [9.17, 15) is 0 Å². The molecule has 3 heteroatoms. The van der Waals surface area contributed by atoms with E-state index in [-0.39, 0.29) is 0 Å². The maximum atomic E-state index is 6.17. The molecule has 2 fully saturated rings. The number of rotatable bonds is 4. The van der Waals surface area contributed by atoms with Crippen molar-refractivity contribution in [2.45, 2.75) is 76.8 Å². The monoisotopic (exact) mass is 284 g/mol. The molecule has 0 N–H and O–H groups in total. The van der Waals surface area contributed by atoms with E-state index in [1.807, 2.05) is 14.2 Å². The van der Waals surface area contributed by atoms with Gasteiger partial charge in [0.15, 0.2) is 0 Å². The van der Waals surface area contributed by atoms with E-state index < -0.39 is 8.56 Å². The van der Waals surface area contributed by atoms with Crippen LogP contribution >= 0.6 is 0 Å². The van der Waals surface area contributed by atoms with Crippen LogP contribution in [0.1, 0.15) is 65.7 Å².